The van der Waals surface area contributed by atoms with Crippen LogP contribution in [0.5, 0.6) is 0 Å². The monoisotopic (exact) mass is 306 g/mol. The van der Waals surface area contributed by atoms with Crippen molar-refractivity contribution in [3.63, 3.8) is 0 Å². The number of aliphatic hydroxyl groups excluding tert-OH is 2. The molecule has 2 N–H and O–H groups in total. The van der Waals surface area contributed by atoms with E-state index in [0.717, 1.165) is 24.8 Å². The summed E-state index contributed by atoms with van der Waals surface area (Å²) in [6, 6.07) is 0. The van der Waals surface area contributed by atoms with E-state index in [0.29, 0.717) is 35.5 Å². The molecule has 3 saturated carbocycles. The van der Waals surface area contributed by atoms with E-state index < -0.39 is 0 Å². The molecule has 0 bridgehead atoms. The SMILES string of the molecule is C=C1[C@@H](O)C[C@H]2[C@@H](C)CC[C@H]3C(C(C)C)C[C@@H](O)[C@]3(C)C[C@@H]12. The van der Waals surface area contributed by atoms with Gasteiger partial charge in [-0.2, -0.15) is 0 Å². The third kappa shape index (κ3) is 2.38. The van der Waals surface area contributed by atoms with Crippen LogP contribution in [0, 0.1) is 40.9 Å². The standard InChI is InChI=1S/C20H34O2/c1-11(2)14-9-19(22)20(5)10-16-13(4)18(21)8-15(16)12(3)6-7-17(14)20/h11-12,14-19,21-22H,4,6-10H2,1-3,5H3/t12-,14?,15-,16-,17-,18-,19+,20+/m0/s1. The third-order valence-electron chi connectivity index (χ3n) is 7.72. The molecular weight excluding hydrogens is 272 g/mol. The van der Waals surface area contributed by atoms with E-state index in [4.69, 9.17) is 0 Å². The maximum absolute atomic E-state index is 10.9. The Morgan fingerprint density at radius 2 is 1.86 bits per heavy atom. The minimum atomic E-state index is -0.322. The number of aliphatic hydroxyl groups is 2. The van der Waals surface area contributed by atoms with Crippen LogP contribution in [0.15, 0.2) is 12.2 Å². The minimum Gasteiger partial charge on any atom is -0.393 e. The fraction of sp³-hybridized carbons (Fsp3) is 0.900. The Morgan fingerprint density at radius 1 is 1.18 bits per heavy atom. The Bertz CT molecular complexity index is 443. The summed E-state index contributed by atoms with van der Waals surface area (Å²) < 4.78 is 0. The first-order valence-corrected chi connectivity index (χ1v) is 9.30. The zero-order chi connectivity index (χ0) is 16.2. The van der Waals surface area contributed by atoms with Gasteiger partial charge in [-0.3, -0.25) is 0 Å². The average Bonchev–Trinajstić information content (AvgIpc) is 2.85. The predicted octanol–water partition coefficient (Wildman–Crippen LogP) is 4.02. The molecule has 2 heteroatoms. The molecule has 0 aromatic heterocycles. The highest BCUT2D eigenvalue weighted by Gasteiger charge is 2.55. The molecule has 0 aliphatic heterocycles. The molecule has 0 aromatic carbocycles. The molecule has 1 unspecified atom stereocenters. The molecule has 3 aliphatic carbocycles. The van der Waals surface area contributed by atoms with Crippen LogP contribution < -0.4 is 0 Å². The van der Waals surface area contributed by atoms with E-state index >= 15 is 0 Å². The van der Waals surface area contributed by atoms with Crippen molar-refractivity contribution in [2.24, 2.45) is 40.9 Å². The van der Waals surface area contributed by atoms with Crippen LogP contribution in [0.4, 0.5) is 0 Å². The van der Waals surface area contributed by atoms with Gasteiger partial charge in [0.15, 0.2) is 0 Å². The lowest BCUT2D eigenvalue weighted by molar-refractivity contribution is -0.00343. The lowest BCUT2D eigenvalue weighted by atomic mass is 9.61. The van der Waals surface area contributed by atoms with Gasteiger partial charge in [0.2, 0.25) is 0 Å². The Labute approximate surface area is 136 Å². The van der Waals surface area contributed by atoms with Crippen molar-refractivity contribution >= 4 is 0 Å². The van der Waals surface area contributed by atoms with Crippen LogP contribution >= 0.6 is 0 Å². The normalized spacial score (nSPS) is 52.3. The zero-order valence-corrected chi connectivity index (χ0v) is 14.8. The van der Waals surface area contributed by atoms with Gasteiger partial charge in [-0.15, -0.1) is 0 Å². The smallest absolute Gasteiger partial charge is 0.0753 e. The lowest BCUT2D eigenvalue weighted by Gasteiger charge is -2.44. The van der Waals surface area contributed by atoms with Crippen molar-refractivity contribution in [3.8, 4) is 0 Å². The van der Waals surface area contributed by atoms with Gasteiger partial charge in [0, 0.05) is 0 Å². The van der Waals surface area contributed by atoms with E-state index in [1.807, 2.05) is 0 Å². The Balaban J connectivity index is 1.93. The highest BCUT2D eigenvalue weighted by Crippen LogP contribution is 2.59. The van der Waals surface area contributed by atoms with Crippen LogP contribution in [0.3, 0.4) is 0 Å². The van der Waals surface area contributed by atoms with Gasteiger partial charge in [-0.1, -0.05) is 40.7 Å². The van der Waals surface area contributed by atoms with Crippen molar-refractivity contribution in [1.29, 1.82) is 0 Å². The van der Waals surface area contributed by atoms with Gasteiger partial charge in [0.25, 0.3) is 0 Å². The van der Waals surface area contributed by atoms with Crippen LogP contribution in [-0.2, 0) is 0 Å². The van der Waals surface area contributed by atoms with Crippen molar-refractivity contribution in [2.75, 3.05) is 0 Å². The molecule has 0 spiro atoms. The highest BCUT2D eigenvalue weighted by molar-refractivity contribution is 5.19. The third-order valence-corrected chi connectivity index (χ3v) is 7.72. The van der Waals surface area contributed by atoms with Crippen molar-refractivity contribution in [3.05, 3.63) is 12.2 Å². The quantitative estimate of drug-likeness (QED) is 0.718. The number of rotatable bonds is 1. The minimum absolute atomic E-state index is 0.00495. The van der Waals surface area contributed by atoms with Crippen molar-refractivity contribution in [2.45, 2.75) is 72.0 Å². The second kappa shape index (κ2) is 5.63. The number of hydrogen-bond acceptors (Lipinski definition) is 2. The van der Waals surface area contributed by atoms with E-state index in [1.165, 1.54) is 12.8 Å². The van der Waals surface area contributed by atoms with E-state index in [-0.39, 0.29) is 17.6 Å². The number of hydrogen-bond donors (Lipinski definition) is 2. The Morgan fingerprint density at radius 3 is 2.50 bits per heavy atom. The summed E-state index contributed by atoms with van der Waals surface area (Å²) >= 11 is 0. The molecule has 3 aliphatic rings. The predicted molar refractivity (Wildman–Crippen MR) is 90.3 cm³/mol. The van der Waals surface area contributed by atoms with Gasteiger partial charge in [0.1, 0.15) is 0 Å². The molecule has 3 fully saturated rings. The fourth-order valence-corrected chi connectivity index (χ4v) is 6.13. The second-order valence-electron chi connectivity index (χ2n) is 9.13. The topological polar surface area (TPSA) is 40.5 Å². The molecule has 2 nitrogen and oxygen atoms in total. The maximum Gasteiger partial charge on any atom is 0.0753 e. The molecule has 0 radical (unpaired) electrons. The molecular formula is C20H34O2. The molecule has 126 valence electrons. The van der Waals surface area contributed by atoms with Gasteiger partial charge >= 0.3 is 0 Å². The second-order valence-corrected chi connectivity index (χ2v) is 9.13. The van der Waals surface area contributed by atoms with Crippen molar-refractivity contribution in [1.82, 2.24) is 0 Å². The van der Waals surface area contributed by atoms with E-state index in [2.05, 4.69) is 34.3 Å². The summed E-state index contributed by atoms with van der Waals surface area (Å²) in [7, 11) is 0. The first-order chi connectivity index (χ1) is 10.3. The largest absolute Gasteiger partial charge is 0.393 e. The van der Waals surface area contributed by atoms with Gasteiger partial charge in [-0.05, 0) is 72.2 Å². The van der Waals surface area contributed by atoms with Gasteiger partial charge < -0.3 is 10.2 Å². The van der Waals surface area contributed by atoms with Gasteiger partial charge in [0.05, 0.1) is 12.2 Å². The molecule has 3 rings (SSSR count). The van der Waals surface area contributed by atoms with Crippen LogP contribution in [0.1, 0.15) is 59.8 Å². The Kier molecular flexibility index (Phi) is 4.23. The molecule has 0 heterocycles. The summed E-state index contributed by atoms with van der Waals surface area (Å²) in [5, 5.41) is 21.2. The lowest BCUT2D eigenvalue weighted by Crippen LogP contribution is -2.39. The summed E-state index contributed by atoms with van der Waals surface area (Å²) in [5.41, 5.74) is 1.05. The first-order valence-electron chi connectivity index (χ1n) is 9.30. The van der Waals surface area contributed by atoms with Crippen LogP contribution in [-0.4, -0.2) is 22.4 Å². The molecule has 8 atom stereocenters. The Hall–Kier alpha value is -0.340. The zero-order valence-electron chi connectivity index (χ0n) is 14.8. The summed E-state index contributed by atoms with van der Waals surface area (Å²) in [6.45, 7) is 13.5. The van der Waals surface area contributed by atoms with Gasteiger partial charge in [-0.25, -0.2) is 0 Å². The first kappa shape index (κ1) is 16.5. The summed E-state index contributed by atoms with van der Waals surface area (Å²) in [5.74, 6) is 3.53. The van der Waals surface area contributed by atoms with Crippen LogP contribution in [0.2, 0.25) is 0 Å². The molecule has 0 amide bonds. The molecule has 22 heavy (non-hydrogen) atoms. The van der Waals surface area contributed by atoms with E-state index in [9.17, 15) is 10.2 Å². The average molecular weight is 306 g/mol. The van der Waals surface area contributed by atoms with E-state index in [1.54, 1.807) is 0 Å². The maximum atomic E-state index is 10.9. The summed E-state index contributed by atoms with van der Waals surface area (Å²) in [4.78, 5) is 0. The summed E-state index contributed by atoms with van der Waals surface area (Å²) in [6.07, 6.45) is 4.82. The van der Waals surface area contributed by atoms with Crippen molar-refractivity contribution < 1.29 is 10.2 Å². The van der Waals surface area contributed by atoms with Crippen LogP contribution in [0.25, 0.3) is 0 Å². The molecule has 0 saturated heterocycles. The fourth-order valence-electron chi connectivity index (χ4n) is 6.13. The molecule has 0 aromatic rings. The highest BCUT2D eigenvalue weighted by atomic mass is 16.3. The number of fused-ring (bicyclic) bond motifs is 2.